The highest BCUT2D eigenvalue weighted by atomic mass is 35.5. The number of benzene rings is 1. The summed E-state index contributed by atoms with van der Waals surface area (Å²) in [6, 6.07) is 6.09. The number of aliphatic hydroxyl groups excluding tert-OH is 1. The minimum absolute atomic E-state index is 0.161. The van der Waals surface area contributed by atoms with Crippen molar-refractivity contribution in [3.05, 3.63) is 61.5 Å². The van der Waals surface area contributed by atoms with Gasteiger partial charge in [-0.25, -0.2) is 0 Å². The molecule has 0 unspecified atom stereocenters. The molecule has 1 heterocycles. The summed E-state index contributed by atoms with van der Waals surface area (Å²) in [6.45, 7) is 8.93. The lowest BCUT2D eigenvalue weighted by atomic mass is 9.93. The Morgan fingerprint density at radius 1 is 1.16 bits per heavy atom. The predicted octanol–water partition coefficient (Wildman–Crippen LogP) is 4.65. The standard InChI is InChI=1S/C24H32ClN3O2.CH4O/c1-5-28(19-9-7-6-8-10-19)22-13-18(25)12-20(17(22)4)23(29)26-14-21-15(2)11-16(3)27-24(21)30;1-2/h11-13,19H,5-10,14H2,1-4H3,(H,26,29)(H,27,30);2H,1H3. The molecule has 6 nitrogen and oxygen atoms in total. The largest absolute Gasteiger partial charge is 0.400 e. The molecule has 0 spiro atoms. The summed E-state index contributed by atoms with van der Waals surface area (Å²) in [5.74, 6) is -0.213. The van der Waals surface area contributed by atoms with Gasteiger partial charge in [0.15, 0.2) is 0 Å². The van der Waals surface area contributed by atoms with Crippen LogP contribution in [-0.4, -0.2) is 35.7 Å². The fraction of sp³-hybridized carbons (Fsp3) is 0.520. The molecule has 1 amide bonds. The van der Waals surface area contributed by atoms with Crippen molar-refractivity contribution in [2.24, 2.45) is 0 Å². The third-order valence-corrected chi connectivity index (χ3v) is 6.39. The Balaban J connectivity index is 0.00000176. The molecular weight excluding hydrogens is 426 g/mol. The van der Waals surface area contributed by atoms with Crippen LogP contribution in [-0.2, 0) is 6.54 Å². The van der Waals surface area contributed by atoms with Gasteiger partial charge in [0.25, 0.3) is 11.5 Å². The monoisotopic (exact) mass is 461 g/mol. The SMILES string of the molecule is CCN(c1cc(Cl)cc(C(=O)NCc2c(C)cc(C)[nH]c2=O)c1C)C1CCCCC1.CO. The van der Waals surface area contributed by atoms with Gasteiger partial charge >= 0.3 is 0 Å². The lowest BCUT2D eigenvalue weighted by Crippen LogP contribution is -2.37. The molecule has 1 aromatic heterocycles. The van der Waals surface area contributed by atoms with Crippen LogP contribution in [0.1, 0.15) is 71.8 Å². The number of carbonyl (C=O) groups is 1. The first-order chi connectivity index (χ1) is 15.3. The lowest BCUT2D eigenvalue weighted by Gasteiger charge is -2.36. The van der Waals surface area contributed by atoms with Gasteiger partial charge in [0, 0.05) is 53.8 Å². The molecule has 7 heteroatoms. The van der Waals surface area contributed by atoms with Crippen LogP contribution in [0.2, 0.25) is 5.02 Å². The molecule has 32 heavy (non-hydrogen) atoms. The summed E-state index contributed by atoms with van der Waals surface area (Å²) in [7, 11) is 1.00. The number of carbonyl (C=O) groups excluding carboxylic acids is 1. The summed E-state index contributed by atoms with van der Waals surface area (Å²) in [6.07, 6.45) is 6.15. The maximum Gasteiger partial charge on any atom is 0.253 e. The number of H-pyrrole nitrogens is 1. The predicted molar refractivity (Wildman–Crippen MR) is 132 cm³/mol. The zero-order chi connectivity index (χ0) is 23.8. The molecule has 2 aromatic rings. The highest BCUT2D eigenvalue weighted by Gasteiger charge is 2.24. The quantitative estimate of drug-likeness (QED) is 0.584. The normalized spacial score (nSPS) is 13.8. The number of nitrogens with zero attached hydrogens (tertiary/aromatic N) is 1. The van der Waals surface area contributed by atoms with E-state index in [9.17, 15) is 9.59 Å². The van der Waals surface area contributed by atoms with Crippen molar-refractivity contribution < 1.29 is 9.90 Å². The van der Waals surface area contributed by atoms with Crippen LogP contribution in [0.3, 0.4) is 0 Å². The number of halogens is 1. The molecule has 0 radical (unpaired) electrons. The fourth-order valence-corrected chi connectivity index (χ4v) is 4.79. The number of hydrogen-bond acceptors (Lipinski definition) is 4. The van der Waals surface area contributed by atoms with Gasteiger partial charge in [-0.1, -0.05) is 30.9 Å². The molecule has 1 saturated carbocycles. The van der Waals surface area contributed by atoms with Crippen molar-refractivity contribution in [2.45, 2.75) is 72.4 Å². The summed E-state index contributed by atoms with van der Waals surface area (Å²) >= 11 is 6.43. The molecule has 1 aromatic carbocycles. The highest BCUT2D eigenvalue weighted by Crippen LogP contribution is 2.33. The number of anilines is 1. The Hall–Kier alpha value is -2.31. The number of pyridine rings is 1. The van der Waals surface area contributed by atoms with Crippen LogP contribution in [0.5, 0.6) is 0 Å². The molecule has 0 saturated heterocycles. The van der Waals surface area contributed by atoms with E-state index in [1.165, 1.54) is 32.1 Å². The van der Waals surface area contributed by atoms with E-state index in [0.29, 0.717) is 22.2 Å². The van der Waals surface area contributed by atoms with Crippen molar-refractivity contribution in [3.63, 3.8) is 0 Å². The Bertz CT molecular complexity index is 981. The second-order valence-corrected chi connectivity index (χ2v) is 8.74. The van der Waals surface area contributed by atoms with Crippen molar-refractivity contribution in [3.8, 4) is 0 Å². The number of hydrogen-bond donors (Lipinski definition) is 3. The van der Waals surface area contributed by atoms with Crippen molar-refractivity contribution >= 4 is 23.2 Å². The molecule has 1 aliphatic carbocycles. The molecule has 0 atom stereocenters. The fourth-order valence-electron chi connectivity index (χ4n) is 4.58. The summed E-state index contributed by atoms with van der Waals surface area (Å²) in [5.41, 5.74) is 4.62. The minimum atomic E-state index is -0.213. The van der Waals surface area contributed by atoms with Crippen LogP contribution in [0.15, 0.2) is 23.0 Å². The summed E-state index contributed by atoms with van der Waals surface area (Å²) in [4.78, 5) is 30.5. The number of rotatable bonds is 6. The summed E-state index contributed by atoms with van der Waals surface area (Å²) < 4.78 is 0. The maximum absolute atomic E-state index is 13.0. The third-order valence-electron chi connectivity index (χ3n) is 6.17. The number of amides is 1. The Morgan fingerprint density at radius 2 is 1.81 bits per heavy atom. The van der Waals surface area contributed by atoms with E-state index in [-0.39, 0.29) is 18.0 Å². The zero-order valence-corrected chi connectivity index (χ0v) is 20.6. The molecule has 0 aliphatic heterocycles. The van der Waals surface area contributed by atoms with Crippen molar-refractivity contribution in [1.29, 1.82) is 0 Å². The smallest absolute Gasteiger partial charge is 0.253 e. The molecule has 3 rings (SSSR count). The van der Waals surface area contributed by atoms with Gasteiger partial charge in [0.2, 0.25) is 0 Å². The van der Waals surface area contributed by atoms with E-state index < -0.39 is 0 Å². The van der Waals surface area contributed by atoms with Crippen LogP contribution in [0, 0.1) is 20.8 Å². The van der Waals surface area contributed by atoms with E-state index in [1.807, 2.05) is 32.9 Å². The molecule has 0 bridgehead atoms. The van der Waals surface area contributed by atoms with E-state index in [4.69, 9.17) is 16.7 Å². The van der Waals surface area contributed by atoms with Crippen LogP contribution in [0.25, 0.3) is 0 Å². The van der Waals surface area contributed by atoms with Gasteiger partial charge in [-0.2, -0.15) is 0 Å². The van der Waals surface area contributed by atoms with Crippen LogP contribution >= 0.6 is 11.6 Å². The van der Waals surface area contributed by atoms with Gasteiger partial charge in [-0.05, 0) is 69.9 Å². The average Bonchev–Trinajstić information content (AvgIpc) is 2.77. The van der Waals surface area contributed by atoms with Gasteiger partial charge < -0.3 is 20.3 Å². The maximum atomic E-state index is 13.0. The first-order valence-electron chi connectivity index (χ1n) is 11.3. The number of aromatic nitrogens is 1. The van der Waals surface area contributed by atoms with Gasteiger partial charge in [-0.15, -0.1) is 0 Å². The first kappa shape index (κ1) is 25.9. The molecule has 176 valence electrons. The number of aromatic amines is 1. The second-order valence-electron chi connectivity index (χ2n) is 8.30. The Kier molecular flexibility index (Phi) is 9.79. The molecule has 1 fully saturated rings. The van der Waals surface area contributed by atoms with Crippen molar-refractivity contribution in [1.82, 2.24) is 10.3 Å². The Morgan fingerprint density at radius 3 is 2.41 bits per heavy atom. The van der Waals surface area contributed by atoms with Gasteiger partial charge in [0.05, 0.1) is 0 Å². The summed E-state index contributed by atoms with van der Waals surface area (Å²) in [5, 5.41) is 10.5. The Labute approximate surface area is 196 Å². The molecular formula is C25H36ClN3O3. The van der Waals surface area contributed by atoms with E-state index >= 15 is 0 Å². The van der Waals surface area contributed by atoms with Crippen LogP contribution in [0.4, 0.5) is 5.69 Å². The first-order valence-corrected chi connectivity index (χ1v) is 11.7. The van der Waals surface area contributed by atoms with Gasteiger partial charge in [-0.3, -0.25) is 9.59 Å². The zero-order valence-electron chi connectivity index (χ0n) is 19.8. The average molecular weight is 462 g/mol. The minimum Gasteiger partial charge on any atom is -0.400 e. The van der Waals surface area contributed by atoms with Gasteiger partial charge in [0.1, 0.15) is 0 Å². The third kappa shape index (κ3) is 6.14. The van der Waals surface area contributed by atoms with E-state index in [2.05, 4.69) is 22.1 Å². The number of aliphatic hydroxyl groups is 1. The topological polar surface area (TPSA) is 85.4 Å². The number of nitrogens with one attached hydrogen (secondary N) is 2. The van der Waals surface area contributed by atoms with Crippen molar-refractivity contribution in [2.75, 3.05) is 18.6 Å². The second kappa shape index (κ2) is 12.1. The molecule has 3 N–H and O–H groups in total. The lowest BCUT2D eigenvalue weighted by molar-refractivity contribution is 0.0950. The van der Waals surface area contributed by atoms with E-state index in [1.54, 1.807) is 6.07 Å². The number of aryl methyl sites for hydroxylation is 2. The highest BCUT2D eigenvalue weighted by molar-refractivity contribution is 6.31. The van der Waals surface area contributed by atoms with E-state index in [0.717, 1.165) is 36.2 Å². The van der Waals surface area contributed by atoms with Crippen LogP contribution < -0.4 is 15.8 Å². The molecule has 1 aliphatic rings.